The van der Waals surface area contributed by atoms with Crippen LogP contribution in [0.2, 0.25) is 10.0 Å². The van der Waals surface area contributed by atoms with Gasteiger partial charge in [0.1, 0.15) is 11.1 Å². The van der Waals surface area contributed by atoms with Crippen LogP contribution in [0.25, 0.3) is 0 Å². The summed E-state index contributed by atoms with van der Waals surface area (Å²) in [5.74, 6) is -1.06. The summed E-state index contributed by atoms with van der Waals surface area (Å²) in [5, 5.41) is 9.75. The number of hydrogen-bond acceptors (Lipinski definition) is 5. The lowest BCUT2D eigenvalue weighted by atomic mass is 9.80. The molecular weight excluding hydrogens is 491 g/mol. The fourth-order valence-electron chi connectivity index (χ4n) is 4.67. The first-order chi connectivity index (χ1) is 16.4. The number of urea groups is 1. The van der Waals surface area contributed by atoms with E-state index in [9.17, 15) is 19.6 Å². The van der Waals surface area contributed by atoms with Crippen molar-refractivity contribution >= 4 is 46.9 Å². The lowest BCUT2D eigenvalue weighted by Gasteiger charge is -2.33. The van der Waals surface area contributed by atoms with Crippen LogP contribution in [0.15, 0.2) is 42.5 Å². The minimum Gasteiger partial charge on any atom is -0.444 e. The van der Waals surface area contributed by atoms with E-state index < -0.39 is 35.1 Å². The Morgan fingerprint density at radius 1 is 1.11 bits per heavy atom. The number of carbonyl (C=O) groups excluding carboxylic acids is 3. The maximum absolute atomic E-state index is 14.1. The van der Waals surface area contributed by atoms with Crippen LogP contribution in [-0.4, -0.2) is 59.1 Å². The van der Waals surface area contributed by atoms with Crippen molar-refractivity contribution in [3.63, 3.8) is 0 Å². The number of nitrogens with zero attached hydrogens (tertiary/aromatic N) is 4. The molecule has 0 aliphatic carbocycles. The average molecular weight is 515 g/mol. The summed E-state index contributed by atoms with van der Waals surface area (Å²) >= 11 is 12.3. The molecule has 0 unspecified atom stereocenters. The van der Waals surface area contributed by atoms with Gasteiger partial charge in [0, 0.05) is 29.6 Å². The first-order valence-corrected chi connectivity index (χ1v) is 11.7. The number of anilines is 1. The molecule has 2 aliphatic heterocycles. The number of benzene rings is 2. The molecule has 0 aromatic heterocycles. The molecule has 0 saturated carbocycles. The molecule has 182 valence electrons. The molecule has 0 radical (unpaired) electrons. The van der Waals surface area contributed by atoms with Crippen molar-refractivity contribution in [3.05, 3.63) is 63.6 Å². The van der Waals surface area contributed by atoms with E-state index in [2.05, 4.69) is 6.07 Å². The Hall–Kier alpha value is -3.28. The molecule has 2 aliphatic rings. The Morgan fingerprint density at radius 3 is 2.26 bits per heavy atom. The van der Waals surface area contributed by atoms with E-state index in [1.54, 1.807) is 52.1 Å². The van der Waals surface area contributed by atoms with Gasteiger partial charge in [-0.3, -0.25) is 4.79 Å². The van der Waals surface area contributed by atoms with Gasteiger partial charge in [0.15, 0.2) is 0 Å². The molecule has 2 saturated heterocycles. The van der Waals surface area contributed by atoms with Crippen molar-refractivity contribution in [2.75, 3.05) is 25.0 Å². The Kier molecular flexibility index (Phi) is 6.20. The molecule has 2 aromatic carbocycles. The molecule has 2 atom stereocenters. The molecule has 2 aromatic rings. The topological polar surface area (TPSA) is 94.0 Å². The number of likely N-dealkylation sites (N-methyl/N-ethyl adjacent to an activating group) is 1. The Bertz CT molecular complexity index is 1230. The number of imide groups is 1. The average Bonchev–Trinajstić information content (AvgIpc) is 3.26. The molecule has 0 bridgehead atoms. The molecular formula is C25H24Cl2N4O4. The smallest absolute Gasteiger partial charge is 0.410 e. The summed E-state index contributed by atoms with van der Waals surface area (Å²) < 4.78 is 5.57. The fraction of sp³-hybridized carbons (Fsp3) is 0.360. The van der Waals surface area contributed by atoms with E-state index in [0.717, 1.165) is 4.90 Å². The van der Waals surface area contributed by atoms with Gasteiger partial charge < -0.3 is 14.5 Å². The standard InChI is InChI=1S/C25H24Cl2N4O4/c1-24(2,3)35-23(34)30-13-20(16-7-5-15(12-28)6-8-16)25(14-30)21(32)31(22(33)29(25)4)19-10-17(26)9-18(27)11-19/h5-11,20H,13-14H2,1-4H3/t20-,25+/m1/s1. The van der Waals surface area contributed by atoms with Crippen LogP contribution in [0, 0.1) is 11.3 Å². The number of amides is 4. The molecule has 35 heavy (non-hydrogen) atoms. The van der Waals surface area contributed by atoms with Crippen molar-refractivity contribution in [2.45, 2.75) is 37.8 Å². The fourth-order valence-corrected chi connectivity index (χ4v) is 5.19. The summed E-state index contributed by atoms with van der Waals surface area (Å²) in [6, 6.07) is 12.8. The maximum atomic E-state index is 14.1. The lowest BCUT2D eigenvalue weighted by molar-refractivity contribution is -0.124. The summed E-state index contributed by atoms with van der Waals surface area (Å²) in [6.45, 7) is 5.37. The lowest BCUT2D eigenvalue weighted by Crippen LogP contribution is -2.54. The Balaban J connectivity index is 1.81. The first-order valence-electron chi connectivity index (χ1n) is 10.9. The minimum absolute atomic E-state index is 0.0571. The second-order valence-electron chi connectivity index (χ2n) is 9.68. The predicted octanol–water partition coefficient (Wildman–Crippen LogP) is 5.04. The van der Waals surface area contributed by atoms with Crippen molar-refractivity contribution in [2.24, 2.45) is 0 Å². The summed E-state index contributed by atoms with van der Waals surface area (Å²) in [4.78, 5) is 44.4. The first kappa shape index (κ1) is 24.8. The predicted molar refractivity (Wildman–Crippen MR) is 132 cm³/mol. The van der Waals surface area contributed by atoms with Gasteiger partial charge >= 0.3 is 12.1 Å². The normalized spacial score (nSPS) is 22.2. The molecule has 0 N–H and O–H groups in total. The van der Waals surface area contributed by atoms with Crippen LogP contribution >= 0.6 is 23.2 Å². The SMILES string of the molecule is CN1C(=O)N(c2cc(Cl)cc(Cl)c2)C(=O)[C@@]12CN(C(=O)OC(C)(C)C)C[C@@H]2c1ccc(C#N)cc1. The largest absolute Gasteiger partial charge is 0.444 e. The third-order valence-electron chi connectivity index (χ3n) is 6.26. The zero-order chi connectivity index (χ0) is 25.7. The van der Waals surface area contributed by atoms with Crippen LogP contribution in [0.5, 0.6) is 0 Å². The summed E-state index contributed by atoms with van der Waals surface area (Å²) in [6.07, 6.45) is -0.578. The molecule has 8 nitrogen and oxygen atoms in total. The van der Waals surface area contributed by atoms with E-state index in [1.807, 2.05) is 0 Å². The van der Waals surface area contributed by atoms with Crippen molar-refractivity contribution in [3.8, 4) is 6.07 Å². The van der Waals surface area contributed by atoms with E-state index in [0.29, 0.717) is 11.1 Å². The van der Waals surface area contributed by atoms with Gasteiger partial charge in [0.2, 0.25) is 0 Å². The van der Waals surface area contributed by atoms with Crippen LogP contribution in [-0.2, 0) is 9.53 Å². The number of halogens is 2. The second-order valence-corrected chi connectivity index (χ2v) is 10.6. The quantitative estimate of drug-likeness (QED) is 0.523. The van der Waals surface area contributed by atoms with Gasteiger partial charge in [-0.2, -0.15) is 5.26 Å². The van der Waals surface area contributed by atoms with Crippen molar-refractivity contribution in [1.29, 1.82) is 5.26 Å². The molecule has 2 heterocycles. The van der Waals surface area contributed by atoms with E-state index in [4.69, 9.17) is 27.9 Å². The van der Waals surface area contributed by atoms with Crippen LogP contribution < -0.4 is 4.90 Å². The van der Waals surface area contributed by atoms with Gasteiger partial charge in [-0.1, -0.05) is 35.3 Å². The number of carbonyl (C=O) groups is 3. The van der Waals surface area contributed by atoms with E-state index in [-0.39, 0.29) is 28.8 Å². The molecule has 10 heteroatoms. The van der Waals surface area contributed by atoms with Gasteiger partial charge in [-0.05, 0) is 56.7 Å². The zero-order valence-electron chi connectivity index (χ0n) is 19.7. The minimum atomic E-state index is -1.39. The van der Waals surface area contributed by atoms with Gasteiger partial charge in [0.05, 0.1) is 23.9 Å². The monoisotopic (exact) mass is 514 g/mol. The number of rotatable bonds is 2. The molecule has 1 spiro atoms. The highest BCUT2D eigenvalue weighted by Crippen LogP contribution is 2.47. The van der Waals surface area contributed by atoms with Crippen LogP contribution in [0.3, 0.4) is 0 Å². The number of nitriles is 1. The molecule has 2 fully saturated rings. The molecule has 4 rings (SSSR count). The molecule has 4 amide bonds. The second kappa shape index (κ2) is 8.74. The van der Waals surface area contributed by atoms with E-state index >= 15 is 0 Å². The summed E-state index contributed by atoms with van der Waals surface area (Å²) in [7, 11) is 1.54. The van der Waals surface area contributed by atoms with Gasteiger partial charge in [0.25, 0.3) is 5.91 Å². The highest BCUT2D eigenvalue weighted by Gasteiger charge is 2.65. The summed E-state index contributed by atoms with van der Waals surface area (Å²) in [5.41, 5.74) is -0.703. The van der Waals surface area contributed by atoms with Crippen LogP contribution in [0.1, 0.15) is 37.8 Å². The maximum Gasteiger partial charge on any atom is 0.410 e. The van der Waals surface area contributed by atoms with Crippen LogP contribution in [0.4, 0.5) is 15.3 Å². The third kappa shape index (κ3) is 4.30. The van der Waals surface area contributed by atoms with E-state index in [1.165, 1.54) is 28.0 Å². The number of likely N-dealkylation sites (tertiary alicyclic amines) is 1. The van der Waals surface area contributed by atoms with Crippen molar-refractivity contribution < 1.29 is 19.1 Å². The van der Waals surface area contributed by atoms with Crippen molar-refractivity contribution in [1.82, 2.24) is 9.80 Å². The Morgan fingerprint density at radius 2 is 1.71 bits per heavy atom. The van der Waals surface area contributed by atoms with Gasteiger partial charge in [-0.15, -0.1) is 0 Å². The highest BCUT2D eigenvalue weighted by atomic mass is 35.5. The Labute approximate surface area is 213 Å². The zero-order valence-corrected chi connectivity index (χ0v) is 21.2. The number of hydrogen-bond donors (Lipinski definition) is 0. The third-order valence-corrected chi connectivity index (χ3v) is 6.70. The number of ether oxygens (including phenoxy) is 1. The highest BCUT2D eigenvalue weighted by molar-refractivity contribution is 6.35. The van der Waals surface area contributed by atoms with Gasteiger partial charge in [-0.25, -0.2) is 14.5 Å².